The van der Waals surface area contributed by atoms with Crippen LogP contribution in [-0.2, 0) is 23.7 Å². The molecular formula is C17H26O10. The normalized spacial score (nSPS) is 47.0. The summed E-state index contributed by atoms with van der Waals surface area (Å²) >= 11 is 0. The highest BCUT2D eigenvalue weighted by molar-refractivity contribution is 5.89. The van der Waals surface area contributed by atoms with Crippen molar-refractivity contribution >= 4 is 5.97 Å². The smallest absolute Gasteiger partial charge is 0.337 e. The molecule has 1 aliphatic carbocycles. The van der Waals surface area contributed by atoms with Crippen LogP contribution >= 0.6 is 0 Å². The van der Waals surface area contributed by atoms with Crippen LogP contribution in [0.4, 0.5) is 0 Å². The third-order valence-corrected chi connectivity index (χ3v) is 5.67. The van der Waals surface area contributed by atoms with E-state index in [1.165, 1.54) is 13.4 Å². The largest absolute Gasteiger partial charge is 0.471 e. The van der Waals surface area contributed by atoms with E-state index in [1.807, 2.05) is 0 Å². The number of hydrogen-bond donors (Lipinski definition) is 5. The van der Waals surface area contributed by atoms with Crippen LogP contribution in [0.5, 0.6) is 0 Å². The summed E-state index contributed by atoms with van der Waals surface area (Å²) in [7, 11) is 1.25. The van der Waals surface area contributed by atoms with Crippen LogP contribution in [0.15, 0.2) is 11.8 Å². The van der Waals surface area contributed by atoms with E-state index in [9.17, 15) is 30.3 Å². The first-order valence-electron chi connectivity index (χ1n) is 8.83. The van der Waals surface area contributed by atoms with E-state index in [0.29, 0.717) is 12.8 Å². The number of aliphatic hydroxyl groups excluding tert-OH is 4. The Bertz CT molecular complexity index is 588. The Labute approximate surface area is 155 Å². The van der Waals surface area contributed by atoms with Crippen LogP contribution in [0.2, 0.25) is 0 Å². The third-order valence-electron chi connectivity index (χ3n) is 5.67. The van der Waals surface area contributed by atoms with Gasteiger partial charge in [-0.05, 0) is 19.8 Å². The number of carbonyl (C=O) groups is 1. The Balaban J connectivity index is 1.82. The summed E-state index contributed by atoms with van der Waals surface area (Å²) in [4.78, 5) is 12.0. The second kappa shape index (κ2) is 7.63. The van der Waals surface area contributed by atoms with Crippen molar-refractivity contribution in [3.8, 4) is 0 Å². The summed E-state index contributed by atoms with van der Waals surface area (Å²) in [6.45, 7) is 1.01. The van der Waals surface area contributed by atoms with E-state index in [4.69, 9.17) is 18.9 Å². The molecule has 0 aromatic rings. The summed E-state index contributed by atoms with van der Waals surface area (Å²) in [6, 6.07) is 0. The van der Waals surface area contributed by atoms with Gasteiger partial charge in [-0.2, -0.15) is 0 Å². The molecule has 2 fully saturated rings. The first-order valence-corrected chi connectivity index (χ1v) is 8.83. The first-order chi connectivity index (χ1) is 12.7. The lowest BCUT2D eigenvalue weighted by Gasteiger charge is -2.44. The molecule has 0 spiro atoms. The first kappa shape index (κ1) is 20.5. The molecule has 27 heavy (non-hydrogen) atoms. The van der Waals surface area contributed by atoms with Gasteiger partial charge in [0.2, 0.25) is 6.29 Å². The molecule has 2 heterocycles. The van der Waals surface area contributed by atoms with Gasteiger partial charge in [-0.15, -0.1) is 0 Å². The van der Waals surface area contributed by atoms with E-state index in [-0.39, 0.29) is 11.5 Å². The van der Waals surface area contributed by atoms with Gasteiger partial charge in [0.1, 0.15) is 24.4 Å². The van der Waals surface area contributed by atoms with Crippen molar-refractivity contribution in [1.82, 2.24) is 0 Å². The zero-order chi connectivity index (χ0) is 19.9. The highest BCUT2D eigenvalue weighted by Gasteiger charge is 2.56. The van der Waals surface area contributed by atoms with Crippen LogP contribution in [0.3, 0.4) is 0 Å². The second-order valence-corrected chi connectivity index (χ2v) is 7.43. The lowest BCUT2D eigenvalue weighted by atomic mass is 9.81. The topological polar surface area (TPSA) is 155 Å². The number of carbonyl (C=O) groups excluding carboxylic acids is 1. The van der Waals surface area contributed by atoms with Gasteiger partial charge in [0, 0.05) is 5.92 Å². The maximum atomic E-state index is 12.0. The van der Waals surface area contributed by atoms with Crippen molar-refractivity contribution in [3.05, 3.63) is 11.8 Å². The van der Waals surface area contributed by atoms with E-state index >= 15 is 0 Å². The number of rotatable bonds is 4. The number of methoxy groups -OCH3 is 1. The molecule has 0 aromatic carbocycles. The SMILES string of the molecule is COC(=O)C1=CO[C@H](O[C@@H]2O[C@H](CO)[C@@H](O)[C@H](O)[C@H]2O)[C@@H]2[C@H]1CC[C@@]2(C)O. The van der Waals surface area contributed by atoms with Crippen LogP contribution in [0, 0.1) is 11.8 Å². The van der Waals surface area contributed by atoms with Gasteiger partial charge in [0.15, 0.2) is 6.29 Å². The number of esters is 1. The summed E-state index contributed by atoms with van der Waals surface area (Å²) < 4.78 is 21.3. The van der Waals surface area contributed by atoms with Crippen molar-refractivity contribution in [2.75, 3.05) is 13.7 Å². The van der Waals surface area contributed by atoms with Crippen molar-refractivity contribution in [2.24, 2.45) is 11.8 Å². The minimum Gasteiger partial charge on any atom is -0.471 e. The Kier molecular flexibility index (Phi) is 5.78. The molecule has 3 rings (SSSR count). The Morgan fingerprint density at radius 2 is 1.96 bits per heavy atom. The average molecular weight is 390 g/mol. The predicted octanol–water partition coefficient (Wildman–Crippen LogP) is -2.01. The van der Waals surface area contributed by atoms with Gasteiger partial charge in [-0.1, -0.05) is 0 Å². The fourth-order valence-corrected chi connectivity index (χ4v) is 4.12. The molecule has 3 aliphatic rings. The van der Waals surface area contributed by atoms with Gasteiger partial charge in [-0.3, -0.25) is 0 Å². The Morgan fingerprint density at radius 3 is 2.59 bits per heavy atom. The summed E-state index contributed by atoms with van der Waals surface area (Å²) in [5.41, 5.74) is -0.925. The monoisotopic (exact) mass is 390 g/mol. The molecule has 0 aromatic heterocycles. The molecule has 0 unspecified atom stereocenters. The Morgan fingerprint density at radius 1 is 1.26 bits per heavy atom. The van der Waals surface area contributed by atoms with Crippen LogP contribution < -0.4 is 0 Å². The van der Waals surface area contributed by atoms with Gasteiger partial charge in [0.05, 0.1) is 37.1 Å². The maximum Gasteiger partial charge on any atom is 0.337 e. The lowest BCUT2D eigenvalue weighted by Crippen LogP contribution is -2.60. The number of aliphatic hydroxyl groups is 5. The molecule has 1 saturated heterocycles. The molecule has 10 nitrogen and oxygen atoms in total. The highest BCUT2D eigenvalue weighted by atomic mass is 16.8. The molecule has 5 N–H and O–H groups in total. The third kappa shape index (κ3) is 3.58. The van der Waals surface area contributed by atoms with Crippen LogP contribution in [-0.4, -0.2) is 87.8 Å². The molecule has 154 valence electrons. The van der Waals surface area contributed by atoms with E-state index < -0.39 is 61.1 Å². The summed E-state index contributed by atoms with van der Waals surface area (Å²) in [6.07, 6.45) is -6.19. The number of ether oxygens (including phenoxy) is 4. The highest BCUT2D eigenvalue weighted by Crippen LogP contribution is 2.49. The van der Waals surface area contributed by atoms with Gasteiger partial charge in [0.25, 0.3) is 0 Å². The van der Waals surface area contributed by atoms with Gasteiger partial charge < -0.3 is 44.5 Å². The van der Waals surface area contributed by atoms with Crippen molar-refractivity contribution < 1.29 is 49.3 Å². The maximum absolute atomic E-state index is 12.0. The van der Waals surface area contributed by atoms with E-state index in [1.54, 1.807) is 6.92 Å². The molecule has 9 atom stereocenters. The molecule has 10 heteroatoms. The van der Waals surface area contributed by atoms with Crippen LogP contribution in [0.1, 0.15) is 19.8 Å². The minimum atomic E-state index is -1.60. The summed E-state index contributed by atoms with van der Waals surface area (Å²) in [5, 5.41) is 49.9. The fraction of sp³-hybridized carbons (Fsp3) is 0.824. The zero-order valence-electron chi connectivity index (χ0n) is 15.1. The van der Waals surface area contributed by atoms with Crippen molar-refractivity contribution in [1.29, 1.82) is 0 Å². The molecule has 0 radical (unpaired) electrons. The second-order valence-electron chi connectivity index (χ2n) is 7.43. The zero-order valence-corrected chi connectivity index (χ0v) is 15.1. The molecule has 2 aliphatic heterocycles. The molecule has 1 saturated carbocycles. The molecule has 0 amide bonds. The molecule has 0 bridgehead atoms. The average Bonchev–Trinajstić information content (AvgIpc) is 2.97. The lowest BCUT2D eigenvalue weighted by molar-refractivity contribution is -0.346. The number of fused-ring (bicyclic) bond motifs is 1. The van der Waals surface area contributed by atoms with Crippen molar-refractivity contribution in [2.45, 2.75) is 62.4 Å². The minimum absolute atomic E-state index is 0.286. The summed E-state index contributed by atoms with van der Waals surface area (Å²) in [5.74, 6) is -1.59. The quantitative estimate of drug-likeness (QED) is 0.340. The standard InChI is InChI=1S/C17H26O10/c1-17(23)4-3-7-8(14(22)24-2)6-25-15(10(7)17)27-16-13(21)12(20)11(19)9(5-18)26-16/h6-7,9-13,15-16,18-21,23H,3-5H2,1-2H3/t7-,9+,10-,11+,12-,13+,15+,16-,17+/m0/s1. The number of hydrogen-bond acceptors (Lipinski definition) is 10. The van der Waals surface area contributed by atoms with Crippen LogP contribution in [0.25, 0.3) is 0 Å². The van der Waals surface area contributed by atoms with Gasteiger partial charge >= 0.3 is 5.97 Å². The van der Waals surface area contributed by atoms with E-state index in [0.717, 1.165) is 0 Å². The van der Waals surface area contributed by atoms with Crippen molar-refractivity contribution in [3.63, 3.8) is 0 Å². The predicted molar refractivity (Wildman–Crippen MR) is 86.7 cm³/mol. The fourth-order valence-electron chi connectivity index (χ4n) is 4.12. The Hall–Kier alpha value is -1.27. The molecular weight excluding hydrogens is 364 g/mol. The van der Waals surface area contributed by atoms with E-state index in [2.05, 4.69) is 0 Å². The van der Waals surface area contributed by atoms with Gasteiger partial charge in [-0.25, -0.2) is 4.79 Å².